The van der Waals surface area contributed by atoms with Gasteiger partial charge in [-0.3, -0.25) is 4.79 Å². The molecule has 5 nitrogen and oxygen atoms in total. The van der Waals surface area contributed by atoms with E-state index in [0.717, 1.165) is 0 Å². The summed E-state index contributed by atoms with van der Waals surface area (Å²) in [5, 5.41) is 11.9. The van der Waals surface area contributed by atoms with E-state index < -0.39 is 24.0 Å². The molecule has 0 bridgehead atoms. The maximum absolute atomic E-state index is 12.3. The first-order valence-electron chi connectivity index (χ1n) is 7.35. The Morgan fingerprint density at radius 3 is 2.27 bits per heavy atom. The molecule has 0 aliphatic heterocycles. The van der Waals surface area contributed by atoms with E-state index >= 15 is 0 Å². The van der Waals surface area contributed by atoms with E-state index in [1.54, 1.807) is 12.1 Å². The Bertz CT molecular complexity index is 493. The van der Waals surface area contributed by atoms with Gasteiger partial charge in [0.05, 0.1) is 0 Å². The maximum Gasteiger partial charge on any atom is 0.326 e. The summed E-state index contributed by atoms with van der Waals surface area (Å²) in [5.74, 6) is -1.46. The van der Waals surface area contributed by atoms with Crippen molar-refractivity contribution < 1.29 is 19.4 Å². The van der Waals surface area contributed by atoms with Crippen LogP contribution in [0, 0.1) is 5.41 Å². The number of carboxylic acids is 1. The largest absolute Gasteiger partial charge is 0.480 e. The van der Waals surface area contributed by atoms with Crippen molar-refractivity contribution in [2.24, 2.45) is 5.41 Å². The molecule has 5 heteroatoms. The van der Waals surface area contributed by atoms with Crippen LogP contribution in [0.5, 0.6) is 0 Å². The first kappa shape index (κ1) is 18.2. The highest BCUT2D eigenvalue weighted by Gasteiger charge is 2.27. The summed E-state index contributed by atoms with van der Waals surface area (Å²) in [6.07, 6.45) is 0.279. The fourth-order valence-corrected chi connectivity index (χ4v) is 2.10. The Labute approximate surface area is 131 Å². The Hall–Kier alpha value is -1.88. The van der Waals surface area contributed by atoms with Gasteiger partial charge in [0.1, 0.15) is 6.04 Å². The van der Waals surface area contributed by atoms with E-state index in [1.807, 2.05) is 39.0 Å². The van der Waals surface area contributed by atoms with Crippen molar-refractivity contribution in [3.8, 4) is 0 Å². The van der Waals surface area contributed by atoms with Crippen molar-refractivity contribution in [3.63, 3.8) is 0 Å². The summed E-state index contributed by atoms with van der Waals surface area (Å²) in [6, 6.07) is 8.11. The predicted octanol–water partition coefficient (Wildman–Crippen LogP) is 2.77. The van der Waals surface area contributed by atoms with Crippen LogP contribution in [0.4, 0.5) is 0 Å². The molecule has 0 aliphatic rings. The van der Waals surface area contributed by atoms with E-state index in [4.69, 9.17) is 4.74 Å². The van der Waals surface area contributed by atoms with Crippen molar-refractivity contribution in [1.82, 2.24) is 5.32 Å². The summed E-state index contributed by atoms with van der Waals surface area (Å²) in [4.78, 5) is 23.7. The highest BCUT2D eigenvalue weighted by Crippen LogP contribution is 2.22. The summed E-state index contributed by atoms with van der Waals surface area (Å²) in [6.45, 7) is 6.11. The summed E-state index contributed by atoms with van der Waals surface area (Å²) >= 11 is 0. The molecule has 0 fully saturated rings. The Balaban J connectivity index is 2.75. The molecule has 22 heavy (non-hydrogen) atoms. The zero-order chi connectivity index (χ0) is 16.8. The number of aliphatic carboxylic acids is 1. The van der Waals surface area contributed by atoms with Gasteiger partial charge in [-0.1, -0.05) is 51.1 Å². The number of rotatable bonds is 7. The van der Waals surface area contributed by atoms with Crippen LogP contribution in [0.3, 0.4) is 0 Å². The molecule has 2 N–H and O–H groups in total. The van der Waals surface area contributed by atoms with E-state index in [0.29, 0.717) is 18.4 Å². The molecule has 122 valence electrons. The van der Waals surface area contributed by atoms with Gasteiger partial charge in [0.15, 0.2) is 6.10 Å². The average molecular weight is 307 g/mol. The number of ether oxygens (including phenoxy) is 1. The fraction of sp³-hybridized carbons (Fsp3) is 0.529. The second-order valence-electron chi connectivity index (χ2n) is 6.53. The van der Waals surface area contributed by atoms with Crippen LogP contribution in [-0.4, -0.2) is 30.1 Å². The lowest BCUT2D eigenvalue weighted by Crippen LogP contribution is -2.43. The van der Waals surface area contributed by atoms with Gasteiger partial charge in [0.25, 0.3) is 5.91 Å². The Morgan fingerprint density at radius 2 is 1.82 bits per heavy atom. The molecule has 0 radical (unpaired) electrons. The molecule has 0 saturated heterocycles. The lowest BCUT2D eigenvalue weighted by atomic mass is 9.88. The lowest BCUT2D eigenvalue weighted by Gasteiger charge is -2.23. The molecule has 0 aromatic heterocycles. The molecule has 1 aromatic carbocycles. The molecule has 0 heterocycles. The van der Waals surface area contributed by atoms with Crippen LogP contribution in [-0.2, 0) is 14.3 Å². The molecule has 2 atom stereocenters. The Kier molecular flexibility index (Phi) is 6.56. The van der Waals surface area contributed by atoms with Crippen molar-refractivity contribution in [1.29, 1.82) is 0 Å². The topological polar surface area (TPSA) is 75.6 Å². The fourth-order valence-electron chi connectivity index (χ4n) is 2.10. The predicted molar refractivity (Wildman–Crippen MR) is 84.4 cm³/mol. The average Bonchev–Trinajstić information content (AvgIpc) is 2.44. The van der Waals surface area contributed by atoms with Gasteiger partial charge in [-0.05, 0) is 23.8 Å². The molecular weight excluding hydrogens is 282 g/mol. The highest BCUT2D eigenvalue weighted by atomic mass is 16.5. The number of carbonyl (C=O) groups is 2. The second kappa shape index (κ2) is 7.94. The number of benzene rings is 1. The number of amides is 1. The van der Waals surface area contributed by atoms with Crippen LogP contribution < -0.4 is 5.32 Å². The van der Waals surface area contributed by atoms with Gasteiger partial charge in [-0.15, -0.1) is 0 Å². The van der Waals surface area contributed by atoms with E-state index in [1.165, 1.54) is 7.11 Å². The van der Waals surface area contributed by atoms with Gasteiger partial charge >= 0.3 is 5.97 Å². The van der Waals surface area contributed by atoms with Gasteiger partial charge in [0, 0.05) is 7.11 Å². The van der Waals surface area contributed by atoms with Crippen LogP contribution >= 0.6 is 0 Å². The number of hydrogen-bond acceptors (Lipinski definition) is 3. The third-order valence-electron chi connectivity index (χ3n) is 3.37. The monoisotopic (exact) mass is 307 g/mol. The molecule has 0 aliphatic carbocycles. The molecule has 0 saturated carbocycles. The van der Waals surface area contributed by atoms with Crippen LogP contribution in [0.2, 0.25) is 0 Å². The minimum Gasteiger partial charge on any atom is -0.480 e. The van der Waals surface area contributed by atoms with Crippen LogP contribution in [0.25, 0.3) is 0 Å². The normalized spacial score (nSPS) is 14.2. The number of methoxy groups -OCH3 is 1. The molecule has 1 amide bonds. The van der Waals surface area contributed by atoms with Gasteiger partial charge in [0.2, 0.25) is 0 Å². The summed E-state index contributed by atoms with van der Waals surface area (Å²) in [7, 11) is 1.43. The first-order valence-corrected chi connectivity index (χ1v) is 7.35. The number of nitrogens with one attached hydrogen (secondary N) is 1. The van der Waals surface area contributed by atoms with Crippen molar-refractivity contribution in [2.75, 3.05) is 7.11 Å². The second-order valence-corrected chi connectivity index (χ2v) is 6.53. The molecule has 1 rings (SSSR count). The molecule has 0 spiro atoms. The SMILES string of the molecule is COC(C(=O)NC(CCC(C)(C)C)C(=O)O)c1ccccc1. The standard InChI is InChI=1S/C17H25NO4/c1-17(2,3)11-10-13(16(20)21)18-15(19)14(22-4)12-8-6-5-7-9-12/h5-9,13-14H,10-11H2,1-4H3,(H,18,19)(H,20,21). The number of carbonyl (C=O) groups excluding carboxylic acids is 1. The quantitative estimate of drug-likeness (QED) is 0.812. The Morgan fingerprint density at radius 1 is 1.23 bits per heavy atom. The highest BCUT2D eigenvalue weighted by molar-refractivity contribution is 5.87. The van der Waals surface area contributed by atoms with E-state index in [9.17, 15) is 14.7 Å². The van der Waals surface area contributed by atoms with Gasteiger partial charge in [-0.2, -0.15) is 0 Å². The minimum absolute atomic E-state index is 0.0124. The van der Waals surface area contributed by atoms with Gasteiger partial charge in [-0.25, -0.2) is 4.79 Å². The third kappa shape index (κ3) is 5.85. The smallest absolute Gasteiger partial charge is 0.326 e. The first-order chi connectivity index (χ1) is 10.2. The van der Waals surface area contributed by atoms with Crippen molar-refractivity contribution in [2.45, 2.75) is 45.8 Å². The minimum atomic E-state index is -1.03. The van der Waals surface area contributed by atoms with Crippen molar-refractivity contribution >= 4 is 11.9 Å². The zero-order valence-corrected chi connectivity index (χ0v) is 13.6. The zero-order valence-electron chi connectivity index (χ0n) is 13.6. The van der Waals surface area contributed by atoms with E-state index in [-0.39, 0.29) is 5.41 Å². The third-order valence-corrected chi connectivity index (χ3v) is 3.37. The lowest BCUT2D eigenvalue weighted by molar-refractivity contribution is -0.144. The molecular formula is C17H25NO4. The molecule has 2 unspecified atom stereocenters. The number of carboxylic acid groups (broad SMARTS) is 1. The van der Waals surface area contributed by atoms with Crippen LogP contribution in [0.15, 0.2) is 30.3 Å². The van der Waals surface area contributed by atoms with Gasteiger partial charge < -0.3 is 15.2 Å². The van der Waals surface area contributed by atoms with E-state index in [2.05, 4.69) is 5.32 Å². The maximum atomic E-state index is 12.3. The molecule has 1 aromatic rings. The summed E-state index contributed by atoms with van der Waals surface area (Å²) in [5.41, 5.74) is 0.709. The number of hydrogen-bond donors (Lipinski definition) is 2. The van der Waals surface area contributed by atoms with Crippen LogP contribution in [0.1, 0.15) is 45.3 Å². The summed E-state index contributed by atoms with van der Waals surface area (Å²) < 4.78 is 5.22. The van der Waals surface area contributed by atoms with Crippen molar-refractivity contribution in [3.05, 3.63) is 35.9 Å².